The summed E-state index contributed by atoms with van der Waals surface area (Å²) in [6.07, 6.45) is 4.43. The quantitative estimate of drug-likeness (QED) is 0.682. The Kier molecular flexibility index (Phi) is 3.10. The van der Waals surface area contributed by atoms with Crippen molar-refractivity contribution in [2.75, 3.05) is 13.1 Å². The molecule has 0 bridgehead atoms. The Hall–Kier alpha value is -0.120. The van der Waals surface area contributed by atoms with Gasteiger partial charge in [-0.1, -0.05) is 0 Å². The molecule has 4 unspecified atom stereocenters. The van der Waals surface area contributed by atoms with Crippen molar-refractivity contribution < 1.29 is 4.74 Å². The molecule has 3 heteroatoms. The molecule has 2 aliphatic rings. The molecule has 0 amide bonds. The SMILES string of the molecule is CC1CN(C2CCC(N)C2)CC(C)O1. The average molecular weight is 198 g/mol. The lowest BCUT2D eigenvalue weighted by Gasteiger charge is -2.39. The summed E-state index contributed by atoms with van der Waals surface area (Å²) >= 11 is 0. The van der Waals surface area contributed by atoms with Gasteiger partial charge in [-0.3, -0.25) is 4.90 Å². The van der Waals surface area contributed by atoms with Crippen LogP contribution in [0.15, 0.2) is 0 Å². The average Bonchev–Trinajstić information content (AvgIpc) is 2.50. The molecular weight excluding hydrogens is 176 g/mol. The van der Waals surface area contributed by atoms with Gasteiger partial charge in [0.05, 0.1) is 12.2 Å². The molecule has 2 fully saturated rings. The molecule has 1 saturated heterocycles. The molecule has 1 saturated carbocycles. The Balaban J connectivity index is 1.90. The van der Waals surface area contributed by atoms with Gasteiger partial charge in [-0.25, -0.2) is 0 Å². The maximum atomic E-state index is 5.94. The Morgan fingerprint density at radius 2 is 1.79 bits per heavy atom. The van der Waals surface area contributed by atoms with Crippen LogP contribution in [0.25, 0.3) is 0 Å². The van der Waals surface area contributed by atoms with Crippen LogP contribution in [0.4, 0.5) is 0 Å². The molecular formula is C11H22N2O. The molecule has 3 nitrogen and oxygen atoms in total. The highest BCUT2D eigenvalue weighted by Gasteiger charge is 2.31. The predicted molar refractivity (Wildman–Crippen MR) is 57.2 cm³/mol. The van der Waals surface area contributed by atoms with E-state index < -0.39 is 0 Å². The van der Waals surface area contributed by atoms with Crippen molar-refractivity contribution >= 4 is 0 Å². The molecule has 1 aliphatic heterocycles. The van der Waals surface area contributed by atoms with Gasteiger partial charge in [0.2, 0.25) is 0 Å². The Labute approximate surface area is 86.6 Å². The lowest BCUT2D eigenvalue weighted by Crippen LogP contribution is -2.49. The summed E-state index contributed by atoms with van der Waals surface area (Å²) < 4.78 is 5.73. The largest absolute Gasteiger partial charge is 0.373 e. The smallest absolute Gasteiger partial charge is 0.0678 e. The zero-order valence-electron chi connectivity index (χ0n) is 9.28. The third-order valence-electron chi connectivity index (χ3n) is 3.41. The van der Waals surface area contributed by atoms with Crippen LogP contribution < -0.4 is 5.73 Å². The van der Waals surface area contributed by atoms with E-state index in [1.54, 1.807) is 0 Å². The number of rotatable bonds is 1. The molecule has 1 heterocycles. The van der Waals surface area contributed by atoms with Crippen molar-refractivity contribution in [1.29, 1.82) is 0 Å². The van der Waals surface area contributed by atoms with Crippen LogP contribution >= 0.6 is 0 Å². The first-order chi connectivity index (χ1) is 6.65. The first-order valence-corrected chi connectivity index (χ1v) is 5.80. The van der Waals surface area contributed by atoms with Crippen LogP contribution in [0.5, 0.6) is 0 Å². The third-order valence-corrected chi connectivity index (χ3v) is 3.41. The number of hydrogen-bond donors (Lipinski definition) is 1. The predicted octanol–water partition coefficient (Wildman–Crippen LogP) is 0.975. The van der Waals surface area contributed by atoms with Crippen LogP contribution in [0.2, 0.25) is 0 Å². The van der Waals surface area contributed by atoms with Gasteiger partial charge in [-0.05, 0) is 33.1 Å². The highest BCUT2D eigenvalue weighted by molar-refractivity contribution is 4.87. The molecule has 0 aromatic rings. The lowest BCUT2D eigenvalue weighted by molar-refractivity contribution is -0.0796. The monoisotopic (exact) mass is 198 g/mol. The maximum absolute atomic E-state index is 5.94. The molecule has 0 aromatic heterocycles. The van der Waals surface area contributed by atoms with Crippen molar-refractivity contribution in [1.82, 2.24) is 4.90 Å². The van der Waals surface area contributed by atoms with Gasteiger partial charge in [-0.15, -0.1) is 0 Å². The maximum Gasteiger partial charge on any atom is 0.0678 e. The fourth-order valence-corrected chi connectivity index (χ4v) is 2.84. The molecule has 82 valence electrons. The van der Waals surface area contributed by atoms with E-state index in [0.29, 0.717) is 18.2 Å². The summed E-state index contributed by atoms with van der Waals surface area (Å²) in [5.41, 5.74) is 5.94. The molecule has 2 rings (SSSR count). The molecule has 2 N–H and O–H groups in total. The van der Waals surface area contributed by atoms with E-state index in [1.165, 1.54) is 19.3 Å². The van der Waals surface area contributed by atoms with E-state index in [1.807, 2.05) is 0 Å². The fourth-order valence-electron chi connectivity index (χ4n) is 2.84. The van der Waals surface area contributed by atoms with E-state index in [4.69, 9.17) is 10.5 Å². The van der Waals surface area contributed by atoms with Gasteiger partial charge in [0.15, 0.2) is 0 Å². The van der Waals surface area contributed by atoms with Crippen molar-refractivity contribution in [2.24, 2.45) is 5.73 Å². The zero-order valence-corrected chi connectivity index (χ0v) is 9.28. The molecule has 0 radical (unpaired) electrons. The van der Waals surface area contributed by atoms with Gasteiger partial charge in [-0.2, -0.15) is 0 Å². The molecule has 0 aromatic carbocycles. The summed E-state index contributed by atoms with van der Waals surface area (Å²) in [5.74, 6) is 0. The lowest BCUT2D eigenvalue weighted by atomic mass is 10.1. The second kappa shape index (κ2) is 4.17. The van der Waals surface area contributed by atoms with E-state index >= 15 is 0 Å². The van der Waals surface area contributed by atoms with E-state index in [0.717, 1.165) is 19.1 Å². The van der Waals surface area contributed by atoms with E-state index in [-0.39, 0.29) is 0 Å². The van der Waals surface area contributed by atoms with Gasteiger partial charge in [0.1, 0.15) is 0 Å². The van der Waals surface area contributed by atoms with Crippen LogP contribution in [0.1, 0.15) is 33.1 Å². The standard InChI is InChI=1S/C11H22N2O/c1-8-6-13(7-9(2)14-8)11-4-3-10(12)5-11/h8-11H,3-7,12H2,1-2H3. The first kappa shape index (κ1) is 10.4. The van der Waals surface area contributed by atoms with Crippen molar-refractivity contribution in [3.63, 3.8) is 0 Å². The summed E-state index contributed by atoms with van der Waals surface area (Å²) in [4.78, 5) is 2.58. The topological polar surface area (TPSA) is 38.5 Å². The minimum atomic E-state index is 0.385. The number of nitrogens with zero attached hydrogens (tertiary/aromatic N) is 1. The molecule has 0 spiro atoms. The zero-order chi connectivity index (χ0) is 10.1. The summed E-state index contributed by atoms with van der Waals surface area (Å²) in [5, 5.41) is 0. The number of morpholine rings is 1. The van der Waals surface area contributed by atoms with Gasteiger partial charge in [0, 0.05) is 25.2 Å². The second-order valence-corrected chi connectivity index (χ2v) is 4.94. The van der Waals surface area contributed by atoms with E-state index in [2.05, 4.69) is 18.7 Å². The third kappa shape index (κ3) is 2.27. The van der Waals surface area contributed by atoms with Gasteiger partial charge in [0.25, 0.3) is 0 Å². The highest BCUT2D eigenvalue weighted by Crippen LogP contribution is 2.25. The minimum absolute atomic E-state index is 0.385. The highest BCUT2D eigenvalue weighted by atomic mass is 16.5. The first-order valence-electron chi connectivity index (χ1n) is 5.80. The van der Waals surface area contributed by atoms with Crippen molar-refractivity contribution in [3.8, 4) is 0 Å². The fraction of sp³-hybridized carbons (Fsp3) is 1.00. The van der Waals surface area contributed by atoms with Crippen LogP contribution in [-0.4, -0.2) is 42.3 Å². The van der Waals surface area contributed by atoms with Crippen LogP contribution in [0.3, 0.4) is 0 Å². The van der Waals surface area contributed by atoms with Gasteiger partial charge < -0.3 is 10.5 Å². The Bertz CT molecular complexity index is 188. The van der Waals surface area contributed by atoms with E-state index in [9.17, 15) is 0 Å². The van der Waals surface area contributed by atoms with Crippen LogP contribution in [-0.2, 0) is 4.74 Å². The summed E-state index contributed by atoms with van der Waals surface area (Å²) in [6.45, 7) is 6.50. The number of nitrogens with two attached hydrogens (primary N) is 1. The summed E-state index contributed by atoms with van der Waals surface area (Å²) in [6, 6.07) is 1.16. The van der Waals surface area contributed by atoms with Crippen LogP contribution in [0, 0.1) is 0 Å². The van der Waals surface area contributed by atoms with Crippen molar-refractivity contribution in [3.05, 3.63) is 0 Å². The van der Waals surface area contributed by atoms with Crippen molar-refractivity contribution in [2.45, 2.75) is 57.4 Å². The molecule has 4 atom stereocenters. The van der Waals surface area contributed by atoms with Gasteiger partial charge >= 0.3 is 0 Å². The second-order valence-electron chi connectivity index (χ2n) is 4.94. The summed E-state index contributed by atoms with van der Waals surface area (Å²) in [7, 11) is 0. The normalized spacial score (nSPS) is 45.6. The Morgan fingerprint density at radius 3 is 2.29 bits per heavy atom. The number of ether oxygens (including phenoxy) is 1. The molecule has 14 heavy (non-hydrogen) atoms. The minimum Gasteiger partial charge on any atom is -0.373 e. The molecule has 1 aliphatic carbocycles. The Morgan fingerprint density at radius 1 is 1.14 bits per heavy atom. The number of hydrogen-bond acceptors (Lipinski definition) is 3.